The molecule has 2 heterocycles. The molecule has 0 radical (unpaired) electrons. The molecule has 0 bridgehead atoms. The van der Waals surface area contributed by atoms with Crippen molar-refractivity contribution in [1.82, 2.24) is 4.90 Å². The van der Waals surface area contributed by atoms with Crippen molar-refractivity contribution in [3.63, 3.8) is 0 Å². The normalized spacial score (nSPS) is 33.9. The van der Waals surface area contributed by atoms with E-state index in [1.807, 2.05) is 0 Å². The van der Waals surface area contributed by atoms with Gasteiger partial charge in [-0.05, 0) is 31.4 Å². The number of rotatable bonds is 1. The van der Waals surface area contributed by atoms with Crippen LogP contribution in [0.3, 0.4) is 0 Å². The van der Waals surface area contributed by atoms with Crippen molar-refractivity contribution < 1.29 is 14.3 Å². The number of nitrogens with two attached hydrogens (primary N) is 1. The summed E-state index contributed by atoms with van der Waals surface area (Å²) in [5.41, 5.74) is 5.83. The molecular formula is C11H18N2O3S. The van der Waals surface area contributed by atoms with Crippen LogP contribution < -0.4 is 5.73 Å². The van der Waals surface area contributed by atoms with Gasteiger partial charge < -0.3 is 15.4 Å². The fourth-order valence-corrected chi connectivity index (χ4v) is 3.84. The van der Waals surface area contributed by atoms with Gasteiger partial charge in [-0.1, -0.05) is 0 Å². The van der Waals surface area contributed by atoms with Crippen LogP contribution in [0.4, 0.5) is 0 Å². The van der Waals surface area contributed by atoms with Crippen molar-refractivity contribution in [3.8, 4) is 0 Å². The van der Waals surface area contributed by atoms with E-state index in [2.05, 4.69) is 0 Å². The Bertz CT molecular complexity index is 324. The van der Waals surface area contributed by atoms with E-state index in [1.165, 1.54) is 7.11 Å². The van der Waals surface area contributed by atoms with E-state index in [-0.39, 0.29) is 17.3 Å². The van der Waals surface area contributed by atoms with E-state index < -0.39 is 12.1 Å². The maximum Gasteiger partial charge on any atom is 0.328 e. The summed E-state index contributed by atoms with van der Waals surface area (Å²) in [5.74, 6) is 0.454. The van der Waals surface area contributed by atoms with Gasteiger partial charge in [0.05, 0.1) is 18.5 Å². The number of hydrogen-bond acceptors (Lipinski definition) is 5. The van der Waals surface area contributed by atoms with Gasteiger partial charge in [0.25, 0.3) is 0 Å². The number of nitrogens with zero attached hydrogens (tertiary/aromatic N) is 1. The summed E-state index contributed by atoms with van der Waals surface area (Å²) in [6.07, 6.45) is 3.26. The number of carbonyl (C=O) groups excluding carboxylic acids is 2. The zero-order chi connectivity index (χ0) is 12.4. The van der Waals surface area contributed by atoms with E-state index in [4.69, 9.17) is 10.5 Å². The molecule has 96 valence electrons. The highest BCUT2D eigenvalue weighted by atomic mass is 32.2. The molecule has 0 aromatic rings. The topological polar surface area (TPSA) is 72.6 Å². The van der Waals surface area contributed by atoms with Gasteiger partial charge in [0, 0.05) is 0 Å². The summed E-state index contributed by atoms with van der Waals surface area (Å²) in [6, 6.07) is -0.916. The standard InChI is InChI=1S/C11H18N2O3S/c1-16-11(15)8-3-2-4-9-13(8)10(14)7(12)5-6-17-9/h7-9H,2-6,12H2,1H3/t7-,8-,9?/m0/s1. The predicted octanol–water partition coefficient (Wildman–Crippen LogP) is 0.331. The number of thioether (sulfide) groups is 1. The first-order valence-electron chi connectivity index (χ1n) is 5.92. The number of fused-ring (bicyclic) bond motifs is 1. The van der Waals surface area contributed by atoms with Gasteiger partial charge in [-0.15, -0.1) is 11.8 Å². The summed E-state index contributed by atoms with van der Waals surface area (Å²) in [6.45, 7) is 0. The lowest BCUT2D eigenvalue weighted by Crippen LogP contribution is -2.55. The monoisotopic (exact) mass is 258 g/mol. The smallest absolute Gasteiger partial charge is 0.328 e. The third-order valence-corrected chi connectivity index (χ3v) is 4.68. The number of ether oxygens (including phenoxy) is 1. The van der Waals surface area contributed by atoms with E-state index >= 15 is 0 Å². The van der Waals surface area contributed by atoms with Crippen LogP contribution in [-0.2, 0) is 14.3 Å². The van der Waals surface area contributed by atoms with Gasteiger partial charge in [0.2, 0.25) is 5.91 Å². The van der Waals surface area contributed by atoms with Crippen LogP contribution in [-0.4, -0.2) is 47.1 Å². The second-order valence-electron chi connectivity index (χ2n) is 4.44. The van der Waals surface area contributed by atoms with Gasteiger partial charge in [0.15, 0.2) is 0 Å². The highest BCUT2D eigenvalue weighted by molar-refractivity contribution is 7.99. The van der Waals surface area contributed by atoms with Crippen molar-refractivity contribution in [1.29, 1.82) is 0 Å². The van der Waals surface area contributed by atoms with E-state index in [0.29, 0.717) is 12.8 Å². The van der Waals surface area contributed by atoms with Crippen LogP contribution in [0, 0.1) is 0 Å². The van der Waals surface area contributed by atoms with Crippen LogP contribution in [0.25, 0.3) is 0 Å². The van der Waals surface area contributed by atoms with Gasteiger partial charge in [-0.3, -0.25) is 4.79 Å². The molecule has 2 aliphatic heterocycles. The Labute approximate surface area is 105 Å². The molecule has 3 atom stereocenters. The molecule has 0 aliphatic carbocycles. The number of carbonyl (C=O) groups is 2. The lowest BCUT2D eigenvalue weighted by atomic mass is 10.0. The van der Waals surface area contributed by atoms with Gasteiger partial charge in [0.1, 0.15) is 6.04 Å². The van der Waals surface area contributed by atoms with Crippen molar-refractivity contribution in [2.24, 2.45) is 5.73 Å². The fraction of sp³-hybridized carbons (Fsp3) is 0.818. The first-order valence-corrected chi connectivity index (χ1v) is 6.97. The number of methoxy groups -OCH3 is 1. The van der Waals surface area contributed by atoms with Gasteiger partial charge in [-0.25, -0.2) is 4.79 Å². The van der Waals surface area contributed by atoms with E-state index in [0.717, 1.165) is 18.6 Å². The minimum Gasteiger partial charge on any atom is -0.467 e. The van der Waals surface area contributed by atoms with Crippen molar-refractivity contribution in [3.05, 3.63) is 0 Å². The molecule has 1 unspecified atom stereocenters. The van der Waals surface area contributed by atoms with Crippen LogP contribution in [0.5, 0.6) is 0 Å². The molecule has 17 heavy (non-hydrogen) atoms. The molecule has 2 rings (SSSR count). The summed E-state index contributed by atoms with van der Waals surface area (Å²) < 4.78 is 4.78. The van der Waals surface area contributed by atoms with Gasteiger partial charge in [-0.2, -0.15) is 0 Å². The Balaban J connectivity index is 2.23. The summed E-state index contributed by atoms with van der Waals surface area (Å²) in [7, 11) is 1.36. The third kappa shape index (κ3) is 2.42. The number of hydrogen-bond donors (Lipinski definition) is 1. The number of amides is 1. The number of esters is 1. The SMILES string of the molecule is COC(=O)[C@@H]1CCCC2SCC[C@H](N)C(=O)N21. The molecule has 0 aromatic heterocycles. The molecule has 2 N–H and O–H groups in total. The highest BCUT2D eigenvalue weighted by Crippen LogP contribution is 2.34. The zero-order valence-corrected chi connectivity index (χ0v) is 10.7. The van der Waals surface area contributed by atoms with Crippen molar-refractivity contribution in [2.45, 2.75) is 43.1 Å². The summed E-state index contributed by atoms with van der Waals surface area (Å²) in [5, 5.41) is 0.0916. The Morgan fingerprint density at radius 1 is 1.47 bits per heavy atom. The minimum atomic E-state index is -0.474. The molecule has 1 amide bonds. The minimum absolute atomic E-state index is 0.0916. The molecule has 2 saturated heterocycles. The first-order chi connectivity index (χ1) is 8.15. The predicted molar refractivity (Wildman–Crippen MR) is 65.3 cm³/mol. The largest absolute Gasteiger partial charge is 0.467 e. The Morgan fingerprint density at radius 3 is 2.94 bits per heavy atom. The number of piperidine rings is 1. The lowest BCUT2D eigenvalue weighted by molar-refractivity contribution is -0.155. The molecule has 6 heteroatoms. The molecule has 0 spiro atoms. The molecule has 0 saturated carbocycles. The second kappa shape index (κ2) is 5.27. The molecule has 5 nitrogen and oxygen atoms in total. The zero-order valence-electron chi connectivity index (χ0n) is 9.93. The van der Waals surface area contributed by atoms with Crippen molar-refractivity contribution in [2.75, 3.05) is 12.9 Å². The molecule has 2 aliphatic rings. The summed E-state index contributed by atoms with van der Waals surface area (Å²) >= 11 is 1.72. The van der Waals surface area contributed by atoms with Gasteiger partial charge >= 0.3 is 5.97 Å². The van der Waals surface area contributed by atoms with E-state index in [1.54, 1.807) is 16.7 Å². The molecule has 2 fully saturated rings. The van der Waals surface area contributed by atoms with E-state index in [9.17, 15) is 9.59 Å². The maximum atomic E-state index is 12.2. The van der Waals surface area contributed by atoms with Crippen LogP contribution in [0.15, 0.2) is 0 Å². The fourth-order valence-electron chi connectivity index (χ4n) is 2.44. The average Bonchev–Trinajstić information content (AvgIpc) is 2.49. The van der Waals surface area contributed by atoms with Crippen molar-refractivity contribution >= 4 is 23.6 Å². The lowest BCUT2D eigenvalue weighted by Gasteiger charge is -2.39. The molecule has 0 aromatic carbocycles. The van der Waals surface area contributed by atoms with Crippen LogP contribution in [0.1, 0.15) is 25.7 Å². The quantitative estimate of drug-likeness (QED) is 0.686. The Morgan fingerprint density at radius 2 is 2.24 bits per heavy atom. The summed E-state index contributed by atoms with van der Waals surface area (Å²) in [4.78, 5) is 25.6. The maximum absolute atomic E-state index is 12.2. The third-order valence-electron chi connectivity index (χ3n) is 3.36. The molecular weight excluding hydrogens is 240 g/mol. The second-order valence-corrected chi connectivity index (χ2v) is 5.72. The highest BCUT2D eigenvalue weighted by Gasteiger charge is 2.42. The average molecular weight is 258 g/mol. The van der Waals surface area contributed by atoms with Crippen LogP contribution in [0.2, 0.25) is 0 Å². The Kier molecular flexibility index (Phi) is 3.93. The first kappa shape index (κ1) is 12.7. The van der Waals surface area contributed by atoms with Crippen LogP contribution >= 0.6 is 11.8 Å². The Hall–Kier alpha value is -0.750.